The average molecular weight is 519 g/mol. The fraction of sp³-hybridized carbons (Fsp3) is 0.480. The van der Waals surface area contributed by atoms with E-state index >= 15 is 0 Å². The Labute approximate surface area is 208 Å². The first kappa shape index (κ1) is 25.5. The van der Waals surface area contributed by atoms with Gasteiger partial charge >= 0.3 is 0 Å². The largest absolute Gasteiger partial charge is 0.369 e. The van der Waals surface area contributed by atoms with Crippen molar-refractivity contribution in [3.05, 3.63) is 48.0 Å². The quantitative estimate of drug-likeness (QED) is 0.513. The fourth-order valence-corrected chi connectivity index (χ4v) is 7.63. The lowest BCUT2D eigenvalue weighted by molar-refractivity contribution is -0.130. The molecule has 2 saturated heterocycles. The third kappa shape index (κ3) is 4.91. The smallest absolute Gasteiger partial charge is 0.264 e. The number of sulfonamides is 1. The van der Waals surface area contributed by atoms with E-state index in [-0.39, 0.29) is 21.1 Å². The zero-order chi connectivity index (χ0) is 25.6. The molecule has 1 N–H and O–H groups in total. The fourth-order valence-electron chi connectivity index (χ4n) is 4.95. The molecule has 1 atom stereocenters. The summed E-state index contributed by atoms with van der Waals surface area (Å²) in [7, 11) is -7.14. The Hall–Kier alpha value is -2.59. The number of rotatable bonds is 9. The average Bonchev–Trinajstić information content (AvgIpc) is 2.75. The van der Waals surface area contributed by atoms with Crippen LogP contribution in [-0.2, 0) is 31.0 Å². The van der Waals surface area contributed by atoms with Gasteiger partial charge in [0.05, 0.1) is 30.9 Å². The van der Waals surface area contributed by atoms with E-state index in [4.69, 9.17) is 4.78 Å². The highest BCUT2D eigenvalue weighted by Crippen LogP contribution is 2.43. The van der Waals surface area contributed by atoms with Crippen molar-refractivity contribution in [2.75, 3.05) is 48.2 Å². The van der Waals surface area contributed by atoms with Crippen LogP contribution in [0.15, 0.2) is 52.3 Å². The molecular formula is C25H34N4O4S2. The summed E-state index contributed by atoms with van der Waals surface area (Å²) < 4.78 is 50.3. The summed E-state index contributed by atoms with van der Waals surface area (Å²) in [4.78, 5) is 14.9. The minimum atomic E-state index is -3.95. The maximum absolute atomic E-state index is 13.8. The third-order valence-corrected chi connectivity index (χ3v) is 9.68. The molecule has 4 rings (SSSR count). The second-order valence-electron chi connectivity index (χ2n) is 10.3. The molecule has 2 fully saturated rings. The Bertz CT molecular complexity index is 1310. The zero-order valence-corrected chi connectivity index (χ0v) is 22.4. The second kappa shape index (κ2) is 9.13. The number of nitrogens with zero attached hydrogens (tertiary/aromatic N) is 3. The summed E-state index contributed by atoms with van der Waals surface area (Å²) in [5, 5.41) is 0. The van der Waals surface area contributed by atoms with Crippen LogP contribution in [0.25, 0.3) is 0 Å². The van der Waals surface area contributed by atoms with Gasteiger partial charge in [-0.1, -0.05) is 32.9 Å². The van der Waals surface area contributed by atoms with Crippen LogP contribution in [0.2, 0.25) is 0 Å². The first-order valence-corrected chi connectivity index (χ1v) is 15.2. The molecule has 8 nitrogen and oxygen atoms in total. The van der Waals surface area contributed by atoms with Gasteiger partial charge in [-0.15, -0.1) is 0 Å². The number of benzene rings is 2. The van der Waals surface area contributed by atoms with Crippen molar-refractivity contribution in [3.63, 3.8) is 0 Å². The molecule has 2 heterocycles. The van der Waals surface area contributed by atoms with Crippen LogP contribution >= 0.6 is 0 Å². The van der Waals surface area contributed by atoms with Gasteiger partial charge in [0.25, 0.3) is 10.0 Å². The summed E-state index contributed by atoms with van der Waals surface area (Å²) in [5.41, 5.74) is 2.37. The molecule has 2 aliphatic heterocycles. The molecule has 0 aromatic heterocycles. The normalized spacial score (nSPS) is 18.7. The molecule has 1 unspecified atom stereocenters. The van der Waals surface area contributed by atoms with Crippen LogP contribution < -0.4 is 9.21 Å². The number of aryl methyl sites for hydroxylation is 1. The van der Waals surface area contributed by atoms with E-state index in [0.717, 1.165) is 18.4 Å². The highest BCUT2D eigenvalue weighted by molar-refractivity contribution is 7.93. The summed E-state index contributed by atoms with van der Waals surface area (Å²) in [6.45, 7) is 9.04. The number of hydrogen-bond acceptors (Lipinski definition) is 6. The summed E-state index contributed by atoms with van der Waals surface area (Å²) >= 11 is 0. The maximum atomic E-state index is 13.8. The highest BCUT2D eigenvalue weighted by atomic mass is 32.2. The summed E-state index contributed by atoms with van der Waals surface area (Å²) in [6, 6.07) is 12.2. The van der Waals surface area contributed by atoms with Crippen molar-refractivity contribution in [3.8, 4) is 0 Å². The van der Waals surface area contributed by atoms with E-state index in [1.54, 1.807) is 17.0 Å². The monoisotopic (exact) mass is 518 g/mol. The molecule has 0 radical (unpaired) electrons. The summed E-state index contributed by atoms with van der Waals surface area (Å²) in [6.07, 6.45) is 3.03. The van der Waals surface area contributed by atoms with Crippen molar-refractivity contribution in [2.24, 2.45) is 11.3 Å². The number of carbonyl (C=O) groups excluding carboxylic acids is 1. The van der Waals surface area contributed by atoms with Gasteiger partial charge in [0.1, 0.15) is 0 Å². The van der Waals surface area contributed by atoms with Gasteiger partial charge in [-0.2, -0.15) is 0 Å². The molecule has 0 aliphatic carbocycles. The second-order valence-corrected chi connectivity index (χ2v) is 14.3. The van der Waals surface area contributed by atoms with Crippen LogP contribution in [0.4, 0.5) is 11.4 Å². The van der Waals surface area contributed by atoms with Crippen LogP contribution in [0, 0.1) is 16.1 Å². The van der Waals surface area contributed by atoms with Gasteiger partial charge in [-0.05, 0) is 48.2 Å². The van der Waals surface area contributed by atoms with E-state index in [1.165, 1.54) is 16.6 Å². The van der Waals surface area contributed by atoms with Crippen molar-refractivity contribution in [1.82, 2.24) is 4.90 Å². The number of nitrogens with one attached hydrogen (secondary N) is 1. The molecule has 0 bridgehead atoms. The standard InChI is InChI=1S/C25H34N4O4S2/c1-5-20-6-8-21(9-7-20)29(13-19(2)3)35(32,33)22-10-11-23(24(12-22)34(4,26)31)28-16-25(17-28)14-27(15-25)18-30/h6-12,18-19,26H,5,13-17H2,1-4H3. The Balaban J connectivity index is 1.69. The van der Waals surface area contributed by atoms with Crippen LogP contribution in [0.1, 0.15) is 26.3 Å². The van der Waals surface area contributed by atoms with E-state index in [9.17, 15) is 17.4 Å². The topological polar surface area (TPSA) is 102 Å². The van der Waals surface area contributed by atoms with Crippen LogP contribution in [0.5, 0.6) is 0 Å². The number of hydrogen-bond donors (Lipinski definition) is 1. The molecule has 10 heteroatoms. The van der Waals surface area contributed by atoms with Gasteiger partial charge in [0, 0.05) is 44.4 Å². The van der Waals surface area contributed by atoms with Crippen LogP contribution in [0.3, 0.4) is 0 Å². The van der Waals surface area contributed by atoms with Gasteiger partial charge in [0.2, 0.25) is 6.41 Å². The molecule has 2 aliphatic rings. The number of carbonyl (C=O) groups is 1. The minimum absolute atomic E-state index is 0.0318. The van der Waals surface area contributed by atoms with Crippen molar-refractivity contribution in [1.29, 1.82) is 4.78 Å². The lowest BCUT2D eigenvalue weighted by Gasteiger charge is -2.60. The van der Waals surface area contributed by atoms with Gasteiger partial charge in [-0.25, -0.2) is 17.4 Å². The maximum Gasteiger partial charge on any atom is 0.264 e. The lowest BCUT2D eigenvalue weighted by Crippen LogP contribution is -2.72. The SMILES string of the molecule is CCc1ccc(N(CC(C)C)S(=O)(=O)c2ccc(N3CC4(CN(C=O)C4)C3)c(S(C)(=N)=O)c2)cc1. The van der Waals surface area contributed by atoms with Crippen LogP contribution in [-0.4, -0.2) is 62.9 Å². The molecular weight excluding hydrogens is 484 g/mol. The minimum Gasteiger partial charge on any atom is -0.369 e. The molecule has 2 aromatic rings. The number of anilines is 2. The van der Waals surface area contributed by atoms with Gasteiger partial charge in [0.15, 0.2) is 0 Å². The molecule has 190 valence electrons. The van der Waals surface area contributed by atoms with E-state index in [2.05, 4.69) is 0 Å². The van der Waals surface area contributed by atoms with E-state index in [0.29, 0.717) is 44.1 Å². The van der Waals surface area contributed by atoms with Gasteiger partial charge in [-0.3, -0.25) is 9.10 Å². The number of likely N-dealkylation sites (tertiary alicyclic amines) is 1. The van der Waals surface area contributed by atoms with Crippen molar-refractivity contribution in [2.45, 2.75) is 37.0 Å². The predicted octanol–water partition coefficient (Wildman–Crippen LogP) is 3.41. The third-order valence-electron chi connectivity index (χ3n) is 6.72. The molecule has 1 spiro atoms. The molecule has 0 saturated carbocycles. The summed E-state index contributed by atoms with van der Waals surface area (Å²) in [5.74, 6) is 0.0895. The Kier molecular flexibility index (Phi) is 6.65. The highest BCUT2D eigenvalue weighted by Gasteiger charge is 2.52. The Morgan fingerprint density at radius 1 is 1.06 bits per heavy atom. The van der Waals surface area contributed by atoms with E-state index < -0.39 is 19.8 Å². The first-order chi connectivity index (χ1) is 16.4. The molecule has 1 amide bonds. The van der Waals surface area contributed by atoms with Crippen molar-refractivity contribution < 1.29 is 17.4 Å². The van der Waals surface area contributed by atoms with Gasteiger partial charge < -0.3 is 9.80 Å². The zero-order valence-electron chi connectivity index (χ0n) is 20.7. The Morgan fingerprint density at radius 3 is 2.20 bits per heavy atom. The number of amides is 1. The predicted molar refractivity (Wildman–Crippen MR) is 139 cm³/mol. The van der Waals surface area contributed by atoms with Crippen molar-refractivity contribution >= 4 is 37.5 Å². The molecule has 2 aromatic carbocycles. The first-order valence-electron chi connectivity index (χ1n) is 11.8. The molecule has 35 heavy (non-hydrogen) atoms. The van der Waals surface area contributed by atoms with E-state index in [1.807, 2.05) is 49.9 Å². The Morgan fingerprint density at radius 2 is 1.69 bits per heavy atom. The lowest BCUT2D eigenvalue weighted by atomic mass is 9.73.